The molecule has 1 N–H and O–H groups in total. The molecular formula is C27H22BrClN2O3. The van der Waals surface area contributed by atoms with Crippen molar-refractivity contribution in [1.82, 2.24) is 5.32 Å². The molecule has 0 atom stereocenters. The summed E-state index contributed by atoms with van der Waals surface area (Å²) in [5, 5.41) is 2.63. The third-order valence-corrected chi connectivity index (χ3v) is 6.55. The fraction of sp³-hybridized carbons (Fsp3) is 0.148. The van der Waals surface area contributed by atoms with Gasteiger partial charge in [-0.05, 0) is 73.7 Å². The number of imide groups is 2. The minimum atomic E-state index is -0.803. The Bertz CT molecular complexity index is 1360. The molecule has 3 aromatic rings. The summed E-state index contributed by atoms with van der Waals surface area (Å²) in [5.41, 5.74) is 6.25. The number of benzene rings is 3. The van der Waals surface area contributed by atoms with Gasteiger partial charge in [0.05, 0.1) is 5.69 Å². The van der Waals surface area contributed by atoms with Gasteiger partial charge in [0.25, 0.3) is 11.8 Å². The molecule has 0 radical (unpaired) electrons. The number of carbonyl (C=O) groups is 3. The van der Waals surface area contributed by atoms with Crippen LogP contribution in [0.1, 0.15) is 33.4 Å². The zero-order valence-electron chi connectivity index (χ0n) is 18.9. The molecule has 0 unspecified atom stereocenters. The van der Waals surface area contributed by atoms with Crippen LogP contribution in [0.4, 0.5) is 10.5 Å². The van der Waals surface area contributed by atoms with Crippen molar-refractivity contribution in [3.63, 3.8) is 0 Å². The maximum Gasteiger partial charge on any atom is 0.335 e. The number of hydrogen-bond acceptors (Lipinski definition) is 3. The second-order valence-electron chi connectivity index (χ2n) is 8.41. The van der Waals surface area contributed by atoms with Crippen LogP contribution in [0.15, 0.2) is 64.6 Å². The Morgan fingerprint density at radius 3 is 2.32 bits per heavy atom. The molecule has 4 amide bonds. The van der Waals surface area contributed by atoms with Crippen molar-refractivity contribution >= 4 is 57.1 Å². The Labute approximate surface area is 211 Å². The summed E-state index contributed by atoms with van der Waals surface area (Å²) in [6.45, 7) is 5.91. The summed E-state index contributed by atoms with van der Waals surface area (Å²) < 4.78 is 0.864. The van der Waals surface area contributed by atoms with E-state index in [-0.39, 0.29) is 5.57 Å². The van der Waals surface area contributed by atoms with Crippen LogP contribution in [0.3, 0.4) is 0 Å². The Hall–Kier alpha value is -3.22. The zero-order valence-corrected chi connectivity index (χ0v) is 21.3. The van der Waals surface area contributed by atoms with Gasteiger partial charge in [-0.2, -0.15) is 0 Å². The molecule has 3 aromatic carbocycles. The van der Waals surface area contributed by atoms with E-state index in [4.69, 9.17) is 11.6 Å². The highest BCUT2D eigenvalue weighted by Crippen LogP contribution is 2.29. The van der Waals surface area contributed by atoms with E-state index in [1.54, 1.807) is 19.1 Å². The standard InChI is InChI=1S/C27H22BrClN2O3/c1-15-8-16(2)10-19(9-15)11-20-6-5-18(13-23(20)28)12-22-25(32)30-27(34)31(26(22)33)24-14-21(29)7-4-17(24)3/h4-10,12-14H,11H2,1-3H3,(H,30,32,34)/b22-12+. The van der Waals surface area contributed by atoms with Crippen molar-refractivity contribution in [1.29, 1.82) is 0 Å². The third kappa shape index (κ3) is 4.98. The fourth-order valence-electron chi connectivity index (χ4n) is 4.05. The number of hydrogen-bond donors (Lipinski definition) is 1. The maximum absolute atomic E-state index is 13.2. The van der Waals surface area contributed by atoms with Gasteiger partial charge in [-0.1, -0.05) is 75.1 Å². The highest BCUT2D eigenvalue weighted by molar-refractivity contribution is 9.10. The molecular weight excluding hydrogens is 516 g/mol. The molecule has 5 nitrogen and oxygen atoms in total. The van der Waals surface area contributed by atoms with E-state index in [0.29, 0.717) is 21.8 Å². The Kier molecular flexibility index (Phi) is 6.73. The van der Waals surface area contributed by atoms with E-state index in [1.165, 1.54) is 28.8 Å². The van der Waals surface area contributed by atoms with Gasteiger partial charge in [0.1, 0.15) is 5.57 Å². The Morgan fingerprint density at radius 2 is 1.65 bits per heavy atom. The summed E-state index contributed by atoms with van der Waals surface area (Å²) in [4.78, 5) is 39.1. The molecule has 0 bridgehead atoms. The summed E-state index contributed by atoms with van der Waals surface area (Å²) in [5.74, 6) is -1.43. The molecule has 34 heavy (non-hydrogen) atoms. The van der Waals surface area contributed by atoms with Crippen LogP contribution in [0.2, 0.25) is 5.02 Å². The van der Waals surface area contributed by atoms with Crippen LogP contribution in [-0.4, -0.2) is 17.8 Å². The largest absolute Gasteiger partial charge is 0.335 e. The number of rotatable bonds is 4. The van der Waals surface area contributed by atoms with E-state index in [9.17, 15) is 14.4 Å². The lowest BCUT2D eigenvalue weighted by atomic mass is 9.99. The molecule has 7 heteroatoms. The number of aryl methyl sites for hydroxylation is 3. The lowest BCUT2D eigenvalue weighted by molar-refractivity contribution is -0.122. The second-order valence-corrected chi connectivity index (χ2v) is 9.70. The number of nitrogens with zero attached hydrogens (tertiary/aromatic N) is 1. The molecule has 1 aliphatic rings. The number of nitrogens with one attached hydrogen (secondary N) is 1. The average Bonchev–Trinajstić information content (AvgIpc) is 2.74. The predicted octanol–water partition coefficient (Wildman–Crippen LogP) is 6.28. The first-order valence-corrected chi connectivity index (χ1v) is 11.8. The van der Waals surface area contributed by atoms with Crippen molar-refractivity contribution in [2.24, 2.45) is 0 Å². The summed E-state index contributed by atoms with van der Waals surface area (Å²) in [7, 11) is 0. The van der Waals surface area contributed by atoms with E-state index in [0.717, 1.165) is 21.4 Å². The van der Waals surface area contributed by atoms with Crippen molar-refractivity contribution in [2.45, 2.75) is 27.2 Å². The first kappa shape index (κ1) is 23.9. The monoisotopic (exact) mass is 536 g/mol. The first-order valence-electron chi connectivity index (χ1n) is 10.7. The van der Waals surface area contributed by atoms with Gasteiger partial charge in [0.2, 0.25) is 0 Å². The van der Waals surface area contributed by atoms with Gasteiger partial charge in [-0.25, -0.2) is 9.69 Å². The molecule has 4 rings (SSSR count). The predicted molar refractivity (Wildman–Crippen MR) is 138 cm³/mol. The van der Waals surface area contributed by atoms with Crippen LogP contribution < -0.4 is 10.2 Å². The number of urea groups is 1. The van der Waals surface area contributed by atoms with Gasteiger partial charge in [0, 0.05) is 9.50 Å². The smallest absolute Gasteiger partial charge is 0.273 e. The van der Waals surface area contributed by atoms with Gasteiger partial charge in [0.15, 0.2) is 0 Å². The molecule has 0 aromatic heterocycles. The lowest BCUT2D eigenvalue weighted by Crippen LogP contribution is -2.54. The van der Waals surface area contributed by atoms with Crippen molar-refractivity contribution in [3.05, 3.63) is 103 Å². The summed E-state index contributed by atoms with van der Waals surface area (Å²) >= 11 is 9.70. The Morgan fingerprint density at radius 1 is 0.941 bits per heavy atom. The quantitative estimate of drug-likeness (QED) is 0.314. The van der Waals surface area contributed by atoms with Crippen LogP contribution >= 0.6 is 27.5 Å². The van der Waals surface area contributed by atoms with Crippen LogP contribution in [0.5, 0.6) is 0 Å². The number of amides is 4. The van der Waals surface area contributed by atoms with Crippen LogP contribution in [0, 0.1) is 20.8 Å². The number of carbonyl (C=O) groups excluding carboxylic acids is 3. The maximum atomic E-state index is 13.2. The minimum absolute atomic E-state index is 0.132. The highest BCUT2D eigenvalue weighted by atomic mass is 79.9. The molecule has 1 heterocycles. The van der Waals surface area contributed by atoms with E-state index in [2.05, 4.69) is 53.3 Å². The summed E-state index contributed by atoms with van der Waals surface area (Å²) in [6.07, 6.45) is 2.23. The lowest BCUT2D eigenvalue weighted by Gasteiger charge is -2.27. The average molecular weight is 538 g/mol. The van der Waals surface area contributed by atoms with Gasteiger partial charge >= 0.3 is 6.03 Å². The molecule has 0 saturated carbocycles. The topological polar surface area (TPSA) is 66.5 Å². The van der Waals surface area contributed by atoms with Crippen molar-refractivity contribution in [2.75, 3.05) is 4.90 Å². The normalized spacial score (nSPS) is 15.1. The fourth-order valence-corrected chi connectivity index (χ4v) is 4.76. The number of halogens is 2. The van der Waals surface area contributed by atoms with Crippen LogP contribution in [-0.2, 0) is 16.0 Å². The Balaban J connectivity index is 1.65. The van der Waals surface area contributed by atoms with Gasteiger partial charge in [-0.3, -0.25) is 14.9 Å². The number of anilines is 1. The van der Waals surface area contributed by atoms with E-state index in [1.807, 2.05) is 18.2 Å². The molecule has 1 aliphatic heterocycles. The van der Waals surface area contributed by atoms with Crippen LogP contribution in [0.25, 0.3) is 6.08 Å². The molecule has 1 fully saturated rings. The van der Waals surface area contributed by atoms with Crippen molar-refractivity contribution < 1.29 is 14.4 Å². The molecule has 172 valence electrons. The summed E-state index contributed by atoms with van der Waals surface area (Å²) in [6, 6.07) is 16.2. The molecule has 0 aliphatic carbocycles. The molecule has 1 saturated heterocycles. The van der Waals surface area contributed by atoms with Crippen molar-refractivity contribution in [3.8, 4) is 0 Å². The zero-order chi connectivity index (χ0) is 24.6. The van der Waals surface area contributed by atoms with E-state index >= 15 is 0 Å². The minimum Gasteiger partial charge on any atom is -0.273 e. The van der Waals surface area contributed by atoms with Gasteiger partial charge < -0.3 is 0 Å². The SMILES string of the molecule is Cc1cc(C)cc(Cc2ccc(/C=C3\C(=O)NC(=O)N(c4cc(Cl)ccc4C)C3=O)cc2Br)c1. The van der Waals surface area contributed by atoms with Gasteiger partial charge in [-0.15, -0.1) is 0 Å². The van der Waals surface area contributed by atoms with E-state index < -0.39 is 17.8 Å². The molecule has 0 spiro atoms. The highest BCUT2D eigenvalue weighted by Gasteiger charge is 2.37. The number of barbiturate groups is 1. The first-order chi connectivity index (χ1) is 16.1. The third-order valence-electron chi connectivity index (χ3n) is 5.58. The second kappa shape index (κ2) is 9.57.